The maximum atomic E-state index is 12.2. The van der Waals surface area contributed by atoms with E-state index in [0.717, 1.165) is 33.5 Å². The van der Waals surface area contributed by atoms with Crippen molar-refractivity contribution in [2.75, 3.05) is 26.5 Å². The molecule has 0 spiro atoms. The SMILES string of the molecule is CNC(C)(C)c1ccnc(-c2ccnc(Nc3ccc4cc(C(=O)N(C)C)[nH]c4c3)n2)c1. The molecule has 1 amide bonds. The van der Waals surface area contributed by atoms with Crippen LogP contribution in [0, 0.1) is 0 Å². The van der Waals surface area contributed by atoms with E-state index in [4.69, 9.17) is 0 Å². The molecule has 0 atom stereocenters. The van der Waals surface area contributed by atoms with Crippen LogP contribution in [0.2, 0.25) is 0 Å². The Bertz CT molecular complexity index is 1280. The van der Waals surface area contributed by atoms with Gasteiger partial charge in [0.05, 0.1) is 11.4 Å². The van der Waals surface area contributed by atoms with Crippen molar-refractivity contribution in [1.29, 1.82) is 0 Å². The molecule has 0 unspecified atom stereocenters. The quantitative estimate of drug-likeness (QED) is 0.430. The van der Waals surface area contributed by atoms with Crippen molar-refractivity contribution in [3.63, 3.8) is 0 Å². The van der Waals surface area contributed by atoms with Gasteiger partial charge in [-0.2, -0.15) is 0 Å². The van der Waals surface area contributed by atoms with Crippen molar-refractivity contribution in [3.8, 4) is 11.4 Å². The maximum Gasteiger partial charge on any atom is 0.269 e. The Hall–Kier alpha value is -3.78. The van der Waals surface area contributed by atoms with E-state index in [1.165, 1.54) is 0 Å². The number of carbonyl (C=O) groups is 1. The summed E-state index contributed by atoms with van der Waals surface area (Å²) in [4.78, 5) is 30.4. The molecule has 0 saturated heterocycles. The fourth-order valence-electron chi connectivity index (χ4n) is 3.36. The van der Waals surface area contributed by atoms with Crippen LogP contribution in [-0.4, -0.2) is 51.9 Å². The summed E-state index contributed by atoms with van der Waals surface area (Å²) in [6.45, 7) is 4.24. The lowest BCUT2D eigenvalue weighted by molar-refractivity contribution is 0.0823. The first-order chi connectivity index (χ1) is 15.3. The molecule has 164 valence electrons. The number of hydrogen-bond acceptors (Lipinski definition) is 6. The normalized spacial score (nSPS) is 11.5. The maximum absolute atomic E-state index is 12.2. The zero-order valence-corrected chi connectivity index (χ0v) is 18.9. The Labute approximate surface area is 187 Å². The Kier molecular flexibility index (Phi) is 5.63. The molecule has 4 aromatic rings. The minimum absolute atomic E-state index is 0.0667. The Morgan fingerprint density at radius 3 is 2.53 bits per heavy atom. The van der Waals surface area contributed by atoms with Gasteiger partial charge in [0.15, 0.2) is 0 Å². The standard InChI is InChI=1S/C24H27N7O/c1-24(2,25-3)16-8-10-26-20(13-16)18-9-11-27-23(30-18)28-17-7-6-15-12-21(22(32)31(4)5)29-19(15)14-17/h6-14,25,29H,1-5H3,(H,27,28,30). The van der Waals surface area contributed by atoms with E-state index in [1.807, 2.05) is 49.5 Å². The molecule has 8 nitrogen and oxygen atoms in total. The number of aromatic amines is 1. The molecule has 0 bridgehead atoms. The van der Waals surface area contributed by atoms with E-state index in [2.05, 4.69) is 44.4 Å². The topological polar surface area (TPSA) is 98.8 Å². The number of rotatable bonds is 6. The summed E-state index contributed by atoms with van der Waals surface area (Å²) in [5.41, 5.74) is 4.69. The van der Waals surface area contributed by atoms with Crippen LogP contribution in [0.3, 0.4) is 0 Å². The van der Waals surface area contributed by atoms with Crippen LogP contribution in [0.1, 0.15) is 29.9 Å². The second-order valence-electron chi connectivity index (χ2n) is 8.38. The highest BCUT2D eigenvalue weighted by molar-refractivity contribution is 5.98. The predicted molar refractivity (Wildman–Crippen MR) is 127 cm³/mol. The highest BCUT2D eigenvalue weighted by Crippen LogP contribution is 2.25. The lowest BCUT2D eigenvalue weighted by atomic mass is 9.94. The van der Waals surface area contributed by atoms with E-state index in [1.54, 1.807) is 31.4 Å². The molecule has 0 saturated carbocycles. The average Bonchev–Trinajstić information content (AvgIpc) is 3.22. The van der Waals surface area contributed by atoms with E-state index < -0.39 is 0 Å². The molecule has 0 aliphatic heterocycles. The van der Waals surface area contributed by atoms with Gasteiger partial charge in [0.25, 0.3) is 5.91 Å². The zero-order chi connectivity index (χ0) is 22.9. The first-order valence-electron chi connectivity index (χ1n) is 10.4. The second-order valence-corrected chi connectivity index (χ2v) is 8.38. The zero-order valence-electron chi connectivity index (χ0n) is 18.9. The van der Waals surface area contributed by atoms with Crippen molar-refractivity contribution < 1.29 is 4.79 Å². The summed E-state index contributed by atoms with van der Waals surface area (Å²) in [5.74, 6) is 0.404. The number of carbonyl (C=O) groups excluding carboxylic acids is 1. The Balaban J connectivity index is 1.60. The molecule has 4 rings (SSSR count). The molecule has 0 fully saturated rings. The fraction of sp³-hybridized carbons (Fsp3) is 0.250. The van der Waals surface area contributed by atoms with Crippen LogP contribution in [0.25, 0.3) is 22.3 Å². The van der Waals surface area contributed by atoms with Gasteiger partial charge in [-0.05, 0) is 62.9 Å². The summed E-state index contributed by atoms with van der Waals surface area (Å²) >= 11 is 0. The van der Waals surface area contributed by atoms with Gasteiger partial charge in [-0.25, -0.2) is 9.97 Å². The van der Waals surface area contributed by atoms with E-state index in [-0.39, 0.29) is 11.4 Å². The largest absolute Gasteiger partial charge is 0.350 e. The lowest BCUT2D eigenvalue weighted by Crippen LogP contribution is -2.33. The Morgan fingerprint density at radius 1 is 1.00 bits per heavy atom. The number of pyridine rings is 1. The highest BCUT2D eigenvalue weighted by Gasteiger charge is 2.19. The van der Waals surface area contributed by atoms with E-state index in [9.17, 15) is 4.79 Å². The molecule has 0 aliphatic rings. The smallest absolute Gasteiger partial charge is 0.269 e. The van der Waals surface area contributed by atoms with Crippen LogP contribution in [0.5, 0.6) is 0 Å². The van der Waals surface area contributed by atoms with E-state index >= 15 is 0 Å². The van der Waals surface area contributed by atoms with Gasteiger partial charge < -0.3 is 20.5 Å². The number of H-pyrrole nitrogens is 1. The van der Waals surface area contributed by atoms with Crippen molar-refractivity contribution in [2.24, 2.45) is 0 Å². The van der Waals surface area contributed by atoms with Crippen LogP contribution in [0.4, 0.5) is 11.6 Å². The molecule has 8 heteroatoms. The molecule has 1 aromatic carbocycles. The fourth-order valence-corrected chi connectivity index (χ4v) is 3.36. The predicted octanol–water partition coefficient (Wildman–Crippen LogP) is 3.92. The summed E-state index contributed by atoms with van der Waals surface area (Å²) in [5, 5.41) is 7.52. The average molecular weight is 430 g/mol. The van der Waals surface area contributed by atoms with Gasteiger partial charge in [0, 0.05) is 48.6 Å². The van der Waals surface area contributed by atoms with Crippen LogP contribution in [0.15, 0.2) is 54.9 Å². The van der Waals surface area contributed by atoms with Gasteiger partial charge >= 0.3 is 0 Å². The molecule has 0 aliphatic carbocycles. The third-order valence-electron chi connectivity index (χ3n) is 5.54. The summed E-state index contributed by atoms with van der Waals surface area (Å²) in [7, 11) is 5.40. The van der Waals surface area contributed by atoms with Gasteiger partial charge in [-0.1, -0.05) is 6.07 Å². The minimum atomic E-state index is -0.177. The molecule has 3 heterocycles. The van der Waals surface area contributed by atoms with Crippen molar-refractivity contribution in [1.82, 2.24) is 30.2 Å². The first kappa shape index (κ1) is 21.5. The molecule has 0 radical (unpaired) electrons. The monoisotopic (exact) mass is 429 g/mol. The summed E-state index contributed by atoms with van der Waals surface area (Å²) in [6.07, 6.45) is 3.51. The van der Waals surface area contributed by atoms with Gasteiger partial charge in [0.2, 0.25) is 5.95 Å². The van der Waals surface area contributed by atoms with E-state index in [0.29, 0.717) is 11.6 Å². The Morgan fingerprint density at radius 2 is 1.78 bits per heavy atom. The first-order valence-corrected chi connectivity index (χ1v) is 10.4. The molecule has 32 heavy (non-hydrogen) atoms. The summed E-state index contributed by atoms with van der Waals surface area (Å²) in [6, 6.07) is 13.6. The highest BCUT2D eigenvalue weighted by atomic mass is 16.2. The molecule has 3 aromatic heterocycles. The van der Waals surface area contributed by atoms with Crippen molar-refractivity contribution in [2.45, 2.75) is 19.4 Å². The number of amides is 1. The van der Waals surface area contributed by atoms with Gasteiger partial charge in [-0.15, -0.1) is 0 Å². The number of anilines is 2. The lowest BCUT2D eigenvalue weighted by Gasteiger charge is -2.24. The molecular weight excluding hydrogens is 402 g/mol. The van der Waals surface area contributed by atoms with Gasteiger partial charge in [0.1, 0.15) is 5.69 Å². The number of fused-ring (bicyclic) bond motifs is 1. The van der Waals surface area contributed by atoms with Crippen molar-refractivity contribution >= 4 is 28.4 Å². The molecular formula is C24H27N7O. The van der Waals surface area contributed by atoms with Crippen LogP contribution < -0.4 is 10.6 Å². The van der Waals surface area contributed by atoms with Crippen LogP contribution >= 0.6 is 0 Å². The number of aromatic nitrogens is 4. The third kappa shape index (κ3) is 4.31. The second kappa shape index (κ2) is 8.39. The number of benzene rings is 1. The number of hydrogen-bond donors (Lipinski definition) is 3. The van der Waals surface area contributed by atoms with Gasteiger partial charge in [-0.3, -0.25) is 9.78 Å². The minimum Gasteiger partial charge on any atom is -0.350 e. The third-order valence-corrected chi connectivity index (χ3v) is 5.54. The number of nitrogens with one attached hydrogen (secondary N) is 3. The number of nitrogens with zero attached hydrogens (tertiary/aromatic N) is 4. The summed E-state index contributed by atoms with van der Waals surface area (Å²) < 4.78 is 0. The molecule has 3 N–H and O–H groups in total. The van der Waals surface area contributed by atoms with Crippen molar-refractivity contribution in [3.05, 3.63) is 66.1 Å². The van der Waals surface area contributed by atoms with Crippen LogP contribution in [-0.2, 0) is 5.54 Å².